The highest BCUT2D eigenvalue weighted by molar-refractivity contribution is 6.23. The molecular formula is C18H13N3O3. The van der Waals surface area contributed by atoms with Gasteiger partial charge >= 0.3 is 0 Å². The number of nitriles is 2. The number of hydrogen-bond donors (Lipinski definition) is 2. The van der Waals surface area contributed by atoms with Gasteiger partial charge in [-0.3, -0.25) is 4.79 Å². The molecule has 2 aromatic carbocycles. The number of quaternary nitrogens is 1. The third kappa shape index (κ3) is 3.92. The molecule has 0 spiro atoms. The van der Waals surface area contributed by atoms with Gasteiger partial charge in [-0.05, 0) is 23.3 Å². The Hall–Kier alpha value is -3.29. The fourth-order valence-electron chi connectivity index (χ4n) is 2.23. The summed E-state index contributed by atoms with van der Waals surface area (Å²) in [6.07, 6.45) is 0.0454. The molecule has 0 aromatic heterocycles. The molecule has 0 aliphatic rings. The number of nitrogens with one attached hydrogen (secondary N) is 1. The van der Waals surface area contributed by atoms with Crippen molar-refractivity contribution in [3.63, 3.8) is 0 Å². The van der Waals surface area contributed by atoms with E-state index in [2.05, 4.69) is 0 Å². The van der Waals surface area contributed by atoms with Crippen molar-refractivity contribution < 1.29 is 15.2 Å². The van der Waals surface area contributed by atoms with Crippen LogP contribution < -0.4 is 5.23 Å². The van der Waals surface area contributed by atoms with Crippen molar-refractivity contribution in [3.8, 4) is 12.1 Å². The first-order valence-corrected chi connectivity index (χ1v) is 7.02. The lowest BCUT2D eigenvalue weighted by molar-refractivity contribution is -0.991. The van der Waals surface area contributed by atoms with E-state index in [1.54, 1.807) is 36.4 Å². The van der Waals surface area contributed by atoms with Crippen LogP contribution in [-0.4, -0.2) is 11.0 Å². The Morgan fingerprint density at radius 2 is 1.62 bits per heavy atom. The van der Waals surface area contributed by atoms with E-state index in [0.717, 1.165) is 5.56 Å². The SMILES string of the molecule is N#CC(C#N)=C(C(=O)Cc1ccccc1)c1ccc([NH+]([O-])O)cc1. The smallest absolute Gasteiger partial charge is 0.169 e. The van der Waals surface area contributed by atoms with Gasteiger partial charge in [-0.1, -0.05) is 30.3 Å². The summed E-state index contributed by atoms with van der Waals surface area (Å²) in [6.45, 7) is 0. The van der Waals surface area contributed by atoms with Crippen LogP contribution >= 0.6 is 0 Å². The molecule has 0 aliphatic carbocycles. The Morgan fingerprint density at radius 1 is 1.04 bits per heavy atom. The molecule has 2 aromatic rings. The number of allylic oxidation sites excluding steroid dienone is 2. The summed E-state index contributed by atoms with van der Waals surface area (Å²) in [4.78, 5) is 12.6. The molecule has 1 atom stereocenters. The van der Waals surface area contributed by atoms with Gasteiger partial charge < -0.3 is 5.21 Å². The second-order valence-corrected chi connectivity index (χ2v) is 4.94. The lowest BCUT2D eigenvalue weighted by atomic mass is 9.93. The van der Waals surface area contributed by atoms with Gasteiger partial charge in [-0.15, -0.1) is 0 Å². The number of carbonyl (C=O) groups excluding carboxylic acids is 1. The van der Waals surface area contributed by atoms with Crippen molar-refractivity contribution in [2.24, 2.45) is 0 Å². The molecule has 0 amide bonds. The van der Waals surface area contributed by atoms with Crippen molar-refractivity contribution in [1.29, 1.82) is 10.5 Å². The normalized spacial score (nSPS) is 11.0. The topological polar surface area (TPSA) is 112 Å². The number of rotatable bonds is 5. The molecule has 0 heterocycles. The average Bonchev–Trinajstić information content (AvgIpc) is 2.60. The molecular weight excluding hydrogens is 306 g/mol. The first-order valence-electron chi connectivity index (χ1n) is 7.02. The number of ketones is 1. The van der Waals surface area contributed by atoms with Crippen LogP contribution in [0.4, 0.5) is 5.69 Å². The predicted octanol–water partition coefficient (Wildman–Crippen LogP) is 1.70. The van der Waals surface area contributed by atoms with Crippen LogP contribution in [-0.2, 0) is 11.2 Å². The zero-order valence-electron chi connectivity index (χ0n) is 12.6. The summed E-state index contributed by atoms with van der Waals surface area (Å²) >= 11 is 0. The van der Waals surface area contributed by atoms with Gasteiger partial charge in [0.25, 0.3) is 0 Å². The van der Waals surface area contributed by atoms with Gasteiger partial charge in [-0.2, -0.15) is 15.8 Å². The zero-order valence-corrected chi connectivity index (χ0v) is 12.6. The van der Waals surface area contributed by atoms with E-state index in [1.165, 1.54) is 24.3 Å². The monoisotopic (exact) mass is 319 g/mol. The molecule has 24 heavy (non-hydrogen) atoms. The number of nitrogens with zero attached hydrogens (tertiary/aromatic N) is 2. The fourth-order valence-corrected chi connectivity index (χ4v) is 2.23. The molecule has 0 saturated carbocycles. The first kappa shape index (κ1) is 17.1. The minimum Gasteiger partial charge on any atom is -0.595 e. The minimum atomic E-state index is -1.09. The van der Waals surface area contributed by atoms with Gasteiger partial charge in [0, 0.05) is 18.6 Å². The molecule has 6 nitrogen and oxygen atoms in total. The third-order valence-corrected chi connectivity index (χ3v) is 3.38. The summed E-state index contributed by atoms with van der Waals surface area (Å²) < 4.78 is 0. The Kier molecular flexibility index (Phi) is 5.56. The van der Waals surface area contributed by atoms with Crippen LogP contribution in [0, 0.1) is 27.9 Å². The summed E-state index contributed by atoms with van der Waals surface area (Å²) in [6, 6.07) is 18.0. The maximum atomic E-state index is 12.6. The second-order valence-electron chi connectivity index (χ2n) is 4.94. The van der Waals surface area contributed by atoms with Crippen LogP contribution in [0.15, 0.2) is 60.2 Å². The van der Waals surface area contributed by atoms with E-state index < -0.39 is 5.23 Å². The maximum absolute atomic E-state index is 12.6. The molecule has 0 bridgehead atoms. The Morgan fingerprint density at radius 3 is 2.12 bits per heavy atom. The number of benzene rings is 2. The van der Waals surface area contributed by atoms with Gasteiger partial charge in [0.05, 0.1) is 5.57 Å². The molecule has 0 fully saturated rings. The summed E-state index contributed by atoms with van der Waals surface area (Å²) in [5.74, 6) is -0.373. The lowest BCUT2D eigenvalue weighted by Gasteiger charge is -2.12. The standard InChI is InChI=1S/C18H13N3O3/c19-11-15(12-20)18(14-6-8-16(9-7-14)21(23)24)17(22)10-13-4-2-1-3-5-13/h1-9,21,23H,10H2. The Labute approximate surface area is 138 Å². The number of Topliss-reactive ketones (excluding diaryl/α,β-unsaturated/α-hetero) is 1. The minimum absolute atomic E-state index is 0.000733. The van der Waals surface area contributed by atoms with Crippen molar-refractivity contribution in [2.45, 2.75) is 6.42 Å². The quantitative estimate of drug-likeness (QED) is 0.495. The third-order valence-electron chi connectivity index (χ3n) is 3.38. The number of carbonyl (C=O) groups is 1. The fraction of sp³-hybridized carbons (Fsp3) is 0.0556. The van der Waals surface area contributed by atoms with Gasteiger partial charge in [0.2, 0.25) is 0 Å². The lowest BCUT2D eigenvalue weighted by Crippen LogP contribution is -2.99. The van der Waals surface area contributed by atoms with E-state index in [1.807, 2.05) is 6.07 Å². The largest absolute Gasteiger partial charge is 0.595 e. The summed E-state index contributed by atoms with van der Waals surface area (Å²) in [5.41, 5.74) is 0.875. The first-order chi connectivity index (χ1) is 11.6. The van der Waals surface area contributed by atoms with Gasteiger partial charge in [0.15, 0.2) is 11.5 Å². The van der Waals surface area contributed by atoms with Crippen LogP contribution in [0.5, 0.6) is 0 Å². The molecule has 0 radical (unpaired) electrons. The van der Waals surface area contributed by atoms with E-state index in [0.29, 0.717) is 5.56 Å². The molecule has 0 saturated heterocycles. The van der Waals surface area contributed by atoms with Crippen molar-refractivity contribution in [2.75, 3.05) is 0 Å². The molecule has 1 unspecified atom stereocenters. The van der Waals surface area contributed by atoms with Crippen LogP contribution in [0.2, 0.25) is 0 Å². The summed E-state index contributed by atoms with van der Waals surface area (Å²) in [5, 5.41) is 37.0. The predicted molar refractivity (Wildman–Crippen MR) is 85.5 cm³/mol. The van der Waals surface area contributed by atoms with E-state index >= 15 is 0 Å². The van der Waals surface area contributed by atoms with Crippen LogP contribution in [0.3, 0.4) is 0 Å². The van der Waals surface area contributed by atoms with E-state index in [4.69, 9.17) is 15.7 Å². The molecule has 118 valence electrons. The molecule has 2 rings (SSSR count). The highest BCUT2D eigenvalue weighted by atomic mass is 16.8. The molecule has 2 N–H and O–H groups in total. The summed E-state index contributed by atoms with van der Waals surface area (Å²) in [7, 11) is 0. The average molecular weight is 319 g/mol. The number of hydrogen-bond acceptors (Lipinski definition) is 5. The van der Waals surface area contributed by atoms with Crippen molar-refractivity contribution >= 4 is 17.0 Å². The maximum Gasteiger partial charge on any atom is 0.169 e. The molecule has 0 aliphatic heterocycles. The Balaban J connectivity index is 2.43. The second kappa shape index (κ2) is 7.82. The Bertz CT molecular complexity index is 826. The van der Waals surface area contributed by atoms with Crippen LogP contribution in [0.1, 0.15) is 11.1 Å². The zero-order chi connectivity index (χ0) is 17.5. The van der Waals surface area contributed by atoms with Crippen molar-refractivity contribution in [3.05, 3.63) is 76.5 Å². The highest BCUT2D eigenvalue weighted by Crippen LogP contribution is 2.22. The van der Waals surface area contributed by atoms with Gasteiger partial charge in [0.1, 0.15) is 17.7 Å². The highest BCUT2D eigenvalue weighted by Gasteiger charge is 2.18. The van der Waals surface area contributed by atoms with Gasteiger partial charge in [-0.25, -0.2) is 5.21 Å². The van der Waals surface area contributed by atoms with Crippen LogP contribution in [0.25, 0.3) is 5.57 Å². The molecule has 6 heteroatoms. The van der Waals surface area contributed by atoms with E-state index in [9.17, 15) is 10.0 Å². The van der Waals surface area contributed by atoms with Crippen molar-refractivity contribution in [1.82, 2.24) is 0 Å². The van der Waals surface area contributed by atoms with E-state index in [-0.39, 0.29) is 29.0 Å².